The Morgan fingerprint density at radius 2 is 2.00 bits per heavy atom. The van der Waals surface area contributed by atoms with Gasteiger partial charge in [-0.15, -0.1) is 0 Å². The first-order valence-corrected chi connectivity index (χ1v) is 5.04. The first kappa shape index (κ1) is 11.9. The van der Waals surface area contributed by atoms with Crippen molar-refractivity contribution in [2.45, 2.75) is 52.1 Å². The molecule has 0 saturated carbocycles. The van der Waals surface area contributed by atoms with Crippen molar-refractivity contribution in [2.24, 2.45) is 0 Å². The zero-order valence-electron chi connectivity index (χ0n) is 8.34. The van der Waals surface area contributed by atoms with Gasteiger partial charge in [-0.25, -0.2) is 5.11 Å². The van der Waals surface area contributed by atoms with Gasteiger partial charge in [0.2, 0.25) is 0 Å². The van der Waals surface area contributed by atoms with E-state index in [4.69, 9.17) is 4.74 Å². The van der Waals surface area contributed by atoms with Crippen molar-refractivity contribution in [3.8, 4) is 0 Å². The van der Waals surface area contributed by atoms with E-state index in [-0.39, 0.29) is 12.7 Å². The molecule has 0 rings (SSSR count). The van der Waals surface area contributed by atoms with Gasteiger partial charge in [-0.2, -0.15) is 0 Å². The predicted octanol–water partition coefficient (Wildman–Crippen LogP) is 2.79. The fourth-order valence-electron chi connectivity index (χ4n) is 1.14. The number of unbranched alkanes of at least 4 members (excludes halogenated alkanes) is 2. The zero-order valence-corrected chi connectivity index (χ0v) is 8.34. The smallest absolute Gasteiger partial charge is 0.0847 e. The molecule has 0 fully saturated rings. The van der Waals surface area contributed by atoms with E-state index in [1.165, 1.54) is 12.8 Å². The SMILES string of the molecule is CCCCCOC(CC)CC[O]. The summed E-state index contributed by atoms with van der Waals surface area (Å²) in [5.41, 5.74) is 0. The van der Waals surface area contributed by atoms with Crippen LogP contribution in [0.2, 0.25) is 0 Å². The highest BCUT2D eigenvalue weighted by Gasteiger charge is 2.04. The fourth-order valence-corrected chi connectivity index (χ4v) is 1.14. The van der Waals surface area contributed by atoms with Gasteiger partial charge >= 0.3 is 0 Å². The van der Waals surface area contributed by atoms with E-state index in [1.54, 1.807) is 0 Å². The molecule has 0 aromatic carbocycles. The van der Waals surface area contributed by atoms with Crippen LogP contribution in [-0.4, -0.2) is 19.3 Å². The van der Waals surface area contributed by atoms with Gasteiger partial charge in [0.15, 0.2) is 0 Å². The van der Waals surface area contributed by atoms with E-state index in [9.17, 15) is 5.11 Å². The van der Waals surface area contributed by atoms with Gasteiger partial charge in [0, 0.05) is 13.0 Å². The van der Waals surface area contributed by atoms with Crippen molar-refractivity contribution in [2.75, 3.05) is 13.2 Å². The van der Waals surface area contributed by atoms with Gasteiger partial charge in [-0.1, -0.05) is 26.7 Å². The highest BCUT2D eigenvalue weighted by Crippen LogP contribution is 2.04. The lowest BCUT2D eigenvalue weighted by Gasteiger charge is -2.13. The van der Waals surface area contributed by atoms with E-state index in [0.29, 0.717) is 6.42 Å². The molecule has 0 aliphatic carbocycles. The normalized spacial score (nSPS) is 13.2. The van der Waals surface area contributed by atoms with Gasteiger partial charge in [0.1, 0.15) is 0 Å². The van der Waals surface area contributed by atoms with Crippen LogP contribution >= 0.6 is 0 Å². The van der Waals surface area contributed by atoms with Crippen LogP contribution in [0.3, 0.4) is 0 Å². The van der Waals surface area contributed by atoms with Gasteiger partial charge in [-0.3, -0.25) is 0 Å². The van der Waals surface area contributed by atoms with Crippen molar-refractivity contribution in [3.63, 3.8) is 0 Å². The zero-order chi connectivity index (χ0) is 9.23. The Bertz CT molecular complexity index is 83.9. The van der Waals surface area contributed by atoms with E-state index in [1.807, 2.05) is 0 Å². The maximum atomic E-state index is 10.3. The molecule has 0 heterocycles. The summed E-state index contributed by atoms with van der Waals surface area (Å²) >= 11 is 0. The van der Waals surface area contributed by atoms with Crippen LogP contribution in [0.25, 0.3) is 0 Å². The average Bonchev–Trinajstić information content (AvgIpc) is 2.10. The number of rotatable bonds is 8. The average molecular weight is 173 g/mol. The first-order valence-electron chi connectivity index (χ1n) is 5.04. The van der Waals surface area contributed by atoms with Crippen LogP contribution in [0.5, 0.6) is 0 Å². The van der Waals surface area contributed by atoms with Gasteiger partial charge in [0.05, 0.1) is 12.7 Å². The lowest BCUT2D eigenvalue weighted by Crippen LogP contribution is -2.13. The molecule has 1 radical (unpaired) electrons. The Morgan fingerprint density at radius 1 is 1.25 bits per heavy atom. The van der Waals surface area contributed by atoms with E-state index < -0.39 is 0 Å². The molecule has 0 aromatic heterocycles. The van der Waals surface area contributed by atoms with E-state index in [0.717, 1.165) is 19.4 Å². The second kappa shape index (κ2) is 9.01. The summed E-state index contributed by atoms with van der Waals surface area (Å²) in [6.45, 7) is 5.06. The van der Waals surface area contributed by atoms with Crippen LogP contribution in [0.15, 0.2) is 0 Å². The van der Waals surface area contributed by atoms with Crippen molar-refractivity contribution in [1.29, 1.82) is 0 Å². The summed E-state index contributed by atoms with van der Waals surface area (Å²) in [6.07, 6.45) is 5.43. The molecule has 0 N–H and O–H groups in total. The minimum Gasteiger partial charge on any atom is -0.378 e. The summed E-state index contributed by atoms with van der Waals surface area (Å²) in [7, 11) is 0. The Balaban J connectivity index is 3.19. The van der Waals surface area contributed by atoms with Crippen molar-refractivity contribution < 1.29 is 9.84 Å². The van der Waals surface area contributed by atoms with Gasteiger partial charge < -0.3 is 4.74 Å². The molecule has 0 saturated heterocycles. The van der Waals surface area contributed by atoms with Crippen molar-refractivity contribution in [3.05, 3.63) is 0 Å². The number of hydrogen-bond donors (Lipinski definition) is 0. The minimum absolute atomic E-state index is 0.00765. The monoisotopic (exact) mass is 173 g/mol. The van der Waals surface area contributed by atoms with Crippen LogP contribution in [0, 0.1) is 0 Å². The second-order valence-corrected chi connectivity index (χ2v) is 3.10. The molecule has 73 valence electrons. The molecule has 2 heteroatoms. The highest BCUT2D eigenvalue weighted by molar-refractivity contribution is 4.53. The third-order valence-corrected chi connectivity index (χ3v) is 2.00. The molecule has 0 aliphatic rings. The number of hydrogen-bond acceptors (Lipinski definition) is 1. The number of ether oxygens (including phenoxy) is 1. The summed E-state index contributed by atoms with van der Waals surface area (Å²) < 4.78 is 5.53. The van der Waals surface area contributed by atoms with Crippen LogP contribution in [-0.2, 0) is 9.84 Å². The van der Waals surface area contributed by atoms with Crippen LogP contribution in [0.1, 0.15) is 46.0 Å². The molecule has 0 amide bonds. The summed E-state index contributed by atoms with van der Waals surface area (Å²) in [5, 5.41) is 10.3. The molecular formula is C10H21O2. The van der Waals surface area contributed by atoms with Gasteiger partial charge in [0.25, 0.3) is 0 Å². The Labute approximate surface area is 75.9 Å². The van der Waals surface area contributed by atoms with Crippen molar-refractivity contribution >= 4 is 0 Å². The lowest BCUT2D eigenvalue weighted by molar-refractivity contribution is 0.0227. The van der Waals surface area contributed by atoms with Crippen molar-refractivity contribution in [1.82, 2.24) is 0 Å². The van der Waals surface area contributed by atoms with Gasteiger partial charge in [-0.05, 0) is 12.8 Å². The highest BCUT2D eigenvalue weighted by atomic mass is 16.5. The molecule has 12 heavy (non-hydrogen) atoms. The first-order chi connectivity index (χ1) is 5.85. The maximum absolute atomic E-state index is 10.3. The largest absolute Gasteiger partial charge is 0.378 e. The second-order valence-electron chi connectivity index (χ2n) is 3.10. The van der Waals surface area contributed by atoms with E-state index in [2.05, 4.69) is 13.8 Å². The Kier molecular flexibility index (Phi) is 8.95. The molecular weight excluding hydrogens is 152 g/mol. The topological polar surface area (TPSA) is 29.1 Å². The summed E-state index contributed by atoms with van der Waals surface area (Å²) in [6, 6.07) is 0. The quantitative estimate of drug-likeness (QED) is 0.519. The minimum atomic E-state index is -0.00765. The molecule has 2 nitrogen and oxygen atoms in total. The van der Waals surface area contributed by atoms with Crippen LogP contribution < -0.4 is 0 Å². The standard InChI is InChI=1S/C10H21O2/c1-3-5-6-9-12-10(4-2)7-8-11/h10H,3-9H2,1-2H3. The lowest BCUT2D eigenvalue weighted by atomic mass is 10.2. The van der Waals surface area contributed by atoms with E-state index >= 15 is 0 Å². The molecule has 0 spiro atoms. The molecule has 0 aromatic rings. The third-order valence-electron chi connectivity index (χ3n) is 2.00. The predicted molar refractivity (Wildman–Crippen MR) is 49.7 cm³/mol. The summed E-state index contributed by atoms with van der Waals surface area (Å²) in [4.78, 5) is 0. The molecule has 0 bridgehead atoms. The molecule has 1 atom stereocenters. The fraction of sp³-hybridized carbons (Fsp3) is 1.00. The maximum Gasteiger partial charge on any atom is 0.0847 e. The Morgan fingerprint density at radius 3 is 2.50 bits per heavy atom. The van der Waals surface area contributed by atoms with Crippen LogP contribution in [0.4, 0.5) is 0 Å². The molecule has 0 aliphatic heterocycles. The third kappa shape index (κ3) is 6.62. The Hall–Kier alpha value is -0.0800. The molecule has 1 unspecified atom stereocenters. The summed E-state index contributed by atoms with van der Waals surface area (Å²) in [5.74, 6) is 0.